The summed E-state index contributed by atoms with van der Waals surface area (Å²) >= 11 is 0. The van der Waals surface area contributed by atoms with E-state index in [0.29, 0.717) is 11.0 Å². The zero-order valence-electron chi connectivity index (χ0n) is 31.6. The third-order valence-electron chi connectivity index (χ3n) is 9.83. The molecule has 4 aromatic carbocycles. The zero-order valence-corrected chi connectivity index (χ0v) is 31.6. The van der Waals surface area contributed by atoms with Crippen LogP contribution in [0.3, 0.4) is 0 Å². The van der Waals surface area contributed by atoms with Crippen LogP contribution in [0.4, 0.5) is 35.9 Å². The summed E-state index contributed by atoms with van der Waals surface area (Å²) in [4.78, 5) is 109. The van der Waals surface area contributed by atoms with Gasteiger partial charge in [0.25, 0.3) is 35.0 Å². The van der Waals surface area contributed by atoms with Crippen LogP contribution in [0.25, 0.3) is 11.1 Å². The predicted molar refractivity (Wildman–Crippen MR) is 208 cm³/mol. The molecule has 6 aromatic rings. The number of aryl methyl sites for hydroxylation is 1. The van der Waals surface area contributed by atoms with Crippen molar-refractivity contribution in [3.05, 3.63) is 174 Å². The summed E-state index contributed by atoms with van der Waals surface area (Å²) in [7, 11) is 0. The molecule has 0 radical (unpaired) electrons. The van der Waals surface area contributed by atoms with Gasteiger partial charge in [-0.1, -0.05) is 12.1 Å². The van der Waals surface area contributed by atoms with Gasteiger partial charge < -0.3 is 9.47 Å². The van der Waals surface area contributed by atoms with Gasteiger partial charge in [0.15, 0.2) is 0 Å². The Bertz CT molecular complexity index is 3050. The molecule has 0 spiro atoms. The SMILES string of the molecule is Cc1cc(N2C(=O)c3ccc(C(=O)Oc4ccc([N+](=O)[O-])cn4)cc3C2=O)ccc1-c1ccc(N2C(=O)c3ccc(C(=O)Oc4ccc([N+](=O)[O-])cn4)cc3C2=O)cc1C(F)(F)F. The van der Waals surface area contributed by atoms with Crippen LogP contribution in [-0.4, -0.2) is 55.4 Å². The highest BCUT2D eigenvalue weighted by molar-refractivity contribution is 6.35. The summed E-state index contributed by atoms with van der Waals surface area (Å²) < 4.78 is 54.6. The Hall–Kier alpha value is -9.01. The summed E-state index contributed by atoms with van der Waals surface area (Å²) in [6.07, 6.45) is -3.30. The Kier molecular flexibility index (Phi) is 9.85. The van der Waals surface area contributed by atoms with E-state index >= 15 is 0 Å². The summed E-state index contributed by atoms with van der Waals surface area (Å²) in [5, 5.41) is 21.8. The van der Waals surface area contributed by atoms with E-state index in [0.717, 1.165) is 78.0 Å². The zero-order chi connectivity index (χ0) is 45.1. The number of alkyl halides is 3. The Morgan fingerprint density at radius 1 is 0.556 bits per heavy atom. The molecule has 0 unspecified atom stereocenters. The number of amides is 4. The molecule has 0 aliphatic carbocycles. The van der Waals surface area contributed by atoms with E-state index in [1.54, 1.807) is 0 Å². The number of pyridine rings is 2. The summed E-state index contributed by atoms with van der Waals surface area (Å²) in [6, 6.07) is 17.7. The second-order valence-electron chi connectivity index (χ2n) is 13.6. The Morgan fingerprint density at radius 2 is 0.968 bits per heavy atom. The maximum absolute atomic E-state index is 14.8. The highest BCUT2D eigenvalue weighted by Gasteiger charge is 2.41. The van der Waals surface area contributed by atoms with Gasteiger partial charge >= 0.3 is 18.1 Å². The molecule has 2 aromatic heterocycles. The van der Waals surface area contributed by atoms with Crippen molar-refractivity contribution in [2.24, 2.45) is 0 Å². The maximum atomic E-state index is 14.8. The number of hydrogen-bond donors (Lipinski definition) is 0. The van der Waals surface area contributed by atoms with Crippen molar-refractivity contribution in [1.29, 1.82) is 0 Å². The molecule has 8 rings (SSSR count). The fraction of sp³-hybridized carbons (Fsp3) is 0.0476. The van der Waals surface area contributed by atoms with E-state index in [4.69, 9.17) is 9.47 Å². The molecule has 4 amide bonds. The van der Waals surface area contributed by atoms with E-state index in [1.807, 2.05) is 0 Å². The fourth-order valence-electron chi connectivity index (χ4n) is 6.82. The summed E-state index contributed by atoms with van der Waals surface area (Å²) in [5.41, 5.74) is -3.72. The van der Waals surface area contributed by atoms with Gasteiger partial charge in [0.1, 0.15) is 12.4 Å². The van der Waals surface area contributed by atoms with Crippen LogP contribution < -0.4 is 19.3 Å². The van der Waals surface area contributed by atoms with Crippen molar-refractivity contribution in [2.75, 3.05) is 9.80 Å². The molecule has 312 valence electrons. The highest BCUT2D eigenvalue weighted by atomic mass is 19.4. The molecule has 21 heteroatoms. The summed E-state index contributed by atoms with van der Waals surface area (Å²) in [5.74, 6) is -6.25. The molecule has 0 bridgehead atoms. The third-order valence-corrected chi connectivity index (χ3v) is 9.83. The fourth-order valence-corrected chi connectivity index (χ4v) is 6.82. The van der Waals surface area contributed by atoms with Crippen molar-refractivity contribution in [3.8, 4) is 22.9 Å². The van der Waals surface area contributed by atoms with Gasteiger partial charge in [-0.2, -0.15) is 13.2 Å². The number of rotatable bonds is 9. The van der Waals surface area contributed by atoms with Gasteiger partial charge in [0.2, 0.25) is 11.8 Å². The van der Waals surface area contributed by atoms with Gasteiger partial charge in [-0.3, -0.25) is 39.4 Å². The van der Waals surface area contributed by atoms with Gasteiger partial charge in [-0.05, 0) is 84.3 Å². The number of anilines is 2. The Morgan fingerprint density at radius 3 is 1.37 bits per heavy atom. The van der Waals surface area contributed by atoms with Crippen LogP contribution in [-0.2, 0) is 6.18 Å². The van der Waals surface area contributed by atoms with E-state index in [2.05, 4.69) is 9.97 Å². The molecule has 18 nitrogen and oxygen atoms in total. The van der Waals surface area contributed by atoms with Crippen LogP contribution in [0, 0.1) is 27.2 Å². The topological polar surface area (TPSA) is 239 Å². The van der Waals surface area contributed by atoms with E-state index in [1.165, 1.54) is 37.3 Å². The monoisotopic (exact) mass is 858 g/mol. The second kappa shape index (κ2) is 15.2. The van der Waals surface area contributed by atoms with Crippen LogP contribution in [0.2, 0.25) is 0 Å². The number of imide groups is 2. The van der Waals surface area contributed by atoms with E-state index in [-0.39, 0.29) is 78.9 Å². The number of carbonyl (C=O) groups is 6. The number of esters is 2. The molecular formula is C42H21F3N6O12. The number of carbonyl (C=O) groups excluding carboxylic acids is 6. The lowest BCUT2D eigenvalue weighted by atomic mass is 9.94. The average Bonchev–Trinajstić information content (AvgIpc) is 3.66. The minimum atomic E-state index is -5.03. The first kappa shape index (κ1) is 40.8. The molecule has 63 heavy (non-hydrogen) atoms. The summed E-state index contributed by atoms with van der Waals surface area (Å²) in [6.45, 7) is 1.44. The van der Waals surface area contributed by atoms with Gasteiger partial charge in [-0.15, -0.1) is 0 Å². The van der Waals surface area contributed by atoms with Crippen LogP contribution >= 0.6 is 0 Å². The molecule has 2 aliphatic rings. The van der Waals surface area contributed by atoms with Gasteiger partial charge in [0, 0.05) is 24.3 Å². The quantitative estimate of drug-likeness (QED) is 0.0599. The molecule has 0 N–H and O–H groups in total. The van der Waals surface area contributed by atoms with Crippen molar-refractivity contribution in [3.63, 3.8) is 0 Å². The first-order valence-corrected chi connectivity index (χ1v) is 17.9. The largest absolute Gasteiger partial charge is 0.417 e. The molecule has 0 fully saturated rings. The standard InChI is InChI=1S/C42H21F3N6O12/c1-20-14-23(48-36(52)29-8-2-21(15-31(29)38(48)54)40(56)62-34-12-6-25(18-46-34)50(58)59)4-10-27(20)28-11-5-24(17-33(28)42(43,44)45)49-37(53)30-9-3-22(16-32(30)39(49)55)41(57)63-35-13-7-26(19-47-35)51(60)61/h2-19H,1H3. The lowest BCUT2D eigenvalue weighted by Crippen LogP contribution is -2.29. The first-order chi connectivity index (χ1) is 29.9. The molecule has 0 atom stereocenters. The normalized spacial score (nSPS) is 13.2. The number of ether oxygens (including phenoxy) is 2. The molecule has 0 saturated heterocycles. The lowest BCUT2D eigenvalue weighted by molar-refractivity contribution is -0.385. The third kappa shape index (κ3) is 7.34. The molecule has 0 saturated carbocycles. The van der Waals surface area contributed by atoms with Crippen molar-refractivity contribution in [2.45, 2.75) is 13.1 Å². The van der Waals surface area contributed by atoms with Crippen LogP contribution in [0.15, 0.2) is 109 Å². The molecule has 2 aliphatic heterocycles. The predicted octanol–water partition coefficient (Wildman–Crippen LogP) is 7.33. The van der Waals surface area contributed by atoms with E-state index in [9.17, 15) is 62.2 Å². The smallest absolute Gasteiger partial charge is 0.404 e. The van der Waals surface area contributed by atoms with Gasteiger partial charge in [-0.25, -0.2) is 29.4 Å². The first-order valence-electron chi connectivity index (χ1n) is 17.9. The van der Waals surface area contributed by atoms with Gasteiger partial charge in [0.05, 0.1) is 60.2 Å². The van der Waals surface area contributed by atoms with Crippen LogP contribution in [0.5, 0.6) is 11.8 Å². The number of hydrogen-bond acceptors (Lipinski definition) is 14. The number of halogens is 3. The number of aromatic nitrogens is 2. The van der Waals surface area contributed by atoms with Crippen LogP contribution in [0.1, 0.15) is 73.3 Å². The van der Waals surface area contributed by atoms with E-state index < -0.39 is 62.8 Å². The minimum Gasteiger partial charge on any atom is -0.404 e. The minimum absolute atomic E-state index is 0.00915. The van der Waals surface area contributed by atoms with Crippen molar-refractivity contribution in [1.82, 2.24) is 9.97 Å². The lowest BCUT2D eigenvalue weighted by Gasteiger charge is -2.21. The number of benzene rings is 4. The number of nitrogens with zero attached hydrogens (tertiary/aromatic N) is 6. The Balaban J connectivity index is 1.02. The number of nitro groups is 2. The highest BCUT2D eigenvalue weighted by Crippen LogP contribution is 2.43. The maximum Gasteiger partial charge on any atom is 0.417 e. The Labute approximate surface area is 349 Å². The average molecular weight is 859 g/mol. The second-order valence-corrected chi connectivity index (χ2v) is 13.6. The molecule has 4 heterocycles. The molecular weight excluding hydrogens is 837 g/mol. The van der Waals surface area contributed by atoms with Crippen molar-refractivity contribution < 1.29 is 61.3 Å². The number of fused-ring (bicyclic) bond motifs is 2. The van der Waals surface area contributed by atoms with Crippen molar-refractivity contribution >= 4 is 58.3 Å².